The van der Waals surface area contributed by atoms with Gasteiger partial charge in [-0.15, -0.1) is 0 Å². The van der Waals surface area contributed by atoms with Gasteiger partial charge in [0.1, 0.15) is 0 Å². The van der Waals surface area contributed by atoms with Gasteiger partial charge in [0.15, 0.2) is 0 Å². The van der Waals surface area contributed by atoms with E-state index in [0.717, 1.165) is 0 Å². The molecule has 0 rings (SSSR count). The minimum atomic E-state index is -10.8. The van der Waals surface area contributed by atoms with Crippen molar-refractivity contribution in [3.05, 3.63) is 0 Å². The fraction of sp³-hybridized carbons (Fsp3) is 0. The Labute approximate surface area is 40.7 Å². The molecule has 0 aliphatic heterocycles. The molecule has 8 heteroatoms. The Morgan fingerprint density at radius 3 is 0.625 bits per heavy atom. The largest absolute Gasteiger partial charge is 0.369 e. The molecule has 4 N–H and O–H groups in total. The molecule has 0 aromatic carbocycles. The van der Waals surface area contributed by atoms with E-state index in [1.807, 2.05) is 0 Å². The molecule has 0 heterocycles. The Kier molecular flexibility index (Phi) is 1.37. The predicted molar refractivity (Wildman–Crippen MR) is 18.4 cm³/mol. The summed E-state index contributed by atoms with van der Waals surface area (Å²) < 4.78 is 59.3. The fourth-order valence-electron chi connectivity index (χ4n) is 0. The van der Waals surface area contributed by atoms with Gasteiger partial charge < -0.3 is 6.15 Å². The van der Waals surface area contributed by atoms with Crippen LogP contribution in [0.25, 0.3) is 0 Å². The fourth-order valence-corrected chi connectivity index (χ4v) is 0. The third kappa shape index (κ3) is 2200. The molecule has 1 nitrogen and oxygen atoms in total. The number of halogens is 6. The Bertz CT molecular complexity index is 67.1. The van der Waals surface area contributed by atoms with Crippen LogP contribution in [0.4, 0.5) is 24.6 Å². The molecule has 0 atom stereocenters. The zero-order valence-electron chi connectivity index (χ0n) is 3.77. The Balaban J connectivity index is 0. The maximum absolute atomic E-state index is 10.8. The van der Waals surface area contributed by atoms with Crippen LogP contribution < -0.4 is 6.15 Å². The van der Waals surface area contributed by atoms with Gasteiger partial charge >= 0.3 is 33.3 Å². The second kappa shape index (κ2) is 1.03. The average Bonchev–Trinajstić information content (AvgIpc) is 0.592. The quantitative estimate of drug-likeness (QED) is 0.321. The van der Waals surface area contributed by atoms with E-state index in [0.29, 0.717) is 0 Å². The van der Waals surface area contributed by atoms with Gasteiger partial charge in [-0.25, -0.2) is 0 Å². The van der Waals surface area contributed by atoms with Crippen molar-refractivity contribution in [1.82, 2.24) is 6.15 Å². The zero-order chi connectivity index (χ0) is 6.41. The second-order valence-electron chi connectivity index (χ2n) is 1.07. The first kappa shape index (κ1) is 10.7. The first-order valence-corrected chi connectivity index (χ1v) is 3.40. The minimum Gasteiger partial charge on any atom is -0.369 e. The van der Waals surface area contributed by atoms with Gasteiger partial charge in [0.2, 0.25) is 0 Å². The van der Waals surface area contributed by atoms with Gasteiger partial charge in [0, 0.05) is 0 Å². The third-order valence-electron chi connectivity index (χ3n) is 0. The maximum Gasteiger partial charge on any atom is -0.369 e. The van der Waals surface area contributed by atoms with Crippen molar-refractivity contribution in [3.8, 4) is 0 Å². The maximum atomic E-state index is 9.88. The van der Waals surface area contributed by atoms with E-state index in [9.17, 15) is 24.6 Å². The van der Waals surface area contributed by atoms with Crippen molar-refractivity contribution in [2.45, 2.75) is 0 Å². The van der Waals surface area contributed by atoms with Gasteiger partial charge in [-0.2, -0.15) is 0 Å². The summed E-state index contributed by atoms with van der Waals surface area (Å²) in [4.78, 5) is 0. The molecule has 56 valence electrons. The standard InChI is InChI=1S/F6Si.H3N/c1-7(2,3,4,5)6;/h;1H3/q-2;/p+1. The van der Waals surface area contributed by atoms with Crippen LogP contribution in [0.2, 0.25) is 0 Å². The number of hydrogen-bond acceptors (Lipinski definition) is 0. The van der Waals surface area contributed by atoms with Crippen LogP contribution in [-0.2, 0) is 0 Å². The zero-order valence-corrected chi connectivity index (χ0v) is 4.77. The smallest absolute Gasteiger partial charge is 0.369 e. The summed E-state index contributed by atoms with van der Waals surface area (Å²) in [6.07, 6.45) is 0. The van der Waals surface area contributed by atoms with Crippen LogP contribution in [0.5, 0.6) is 0 Å². The Morgan fingerprint density at radius 1 is 0.625 bits per heavy atom. The SMILES string of the molecule is F[Si-2](F)(F)(F)(F)F.[NH4+]. The second-order valence-corrected chi connectivity index (χ2v) is 3.21. The van der Waals surface area contributed by atoms with Crippen LogP contribution in [0, 0.1) is 0 Å². The first-order valence-electron chi connectivity index (χ1n) is 1.13. The molecule has 0 radical (unpaired) electrons. The van der Waals surface area contributed by atoms with Crippen LogP contribution in [0.3, 0.4) is 0 Å². The molecule has 0 aromatic heterocycles. The van der Waals surface area contributed by atoms with Gasteiger partial charge in [0.05, 0.1) is 0 Å². The summed E-state index contributed by atoms with van der Waals surface area (Å²) >= 11 is 0. The Morgan fingerprint density at radius 2 is 0.625 bits per heavy atom. The van der Waals surface area contributed by atoms with E-state index in [-0.39, 0.29) is 6.15 Å². The normalized spacial score (nSPS) is 20.2. The summed E-state index contributed by atoms with van der Waals surface area (Å²) in [5, 5.41) is 0. The molecule has 0 saturated carbocycles. The molecule has 0 unspecified atom stereocenters. The van der Waals surface area contributed by atoms with E-state index in [1.165, 1.54) is 0 Å². The number of quaternary nitrogens is 1. The van der Waals surface area contributed by atoms with Crippen molar-refractivity contribution in [2.24, 2.45) is 0 Å². The van der Waals surface area contributed by atoms with Crippen molar-refractivity contribution >= 4 is 8.63 Å². The topological polar surface area (TPSA) is 36.5 Å². The van der Waals surface area contributed by atoms with Gasteiger partial charge in [0.25, 0.3) is 0 Å². The van der Waals surface area contributed by atoms with E-state index < -0.39 is 8.63 Å². The van der Waals surface area contributed by atoms with Crippen molar-refractivity contribution in [1.29, 1.82) is 0 Å². The molecular formula is H4F6NSi-. The molecule has 8 heavy (non-hydrogen) atoms. The summed E-state index contributed by atoms with van der Waals surface area (Å²) in [5.74, 6) is 0. The van der Waals surface area contributed by atoms with Crippen molar-refractivity contribution in [2.75, 3.05) is 0 Å². The Hall–Kier alpha value is -0.243. The van der Waals surface area contributed by atoms with E-state index in [1.54, 1.807) is 0 Å². The van der Waals surface area contributed by atoms with Crippen LogP contribution in [0.1, 0.15) is 0 Å². The van der Waals surface area contributed by atoms with Crippen LogP contribution in [0.15, 0.2) is 0 Å². The summed E-state index contributed by atoms with van der Waals surface area (Å²) in [5.41, 5.74) is 0. The van der Waals surface area contributed by atoms with Gasteiger partial charge in [-0.05, 0) is 0 Å². The number of hydrogen-bond donors (Lipinski definition) is 1. The van der Waals surface area contributed by atoms with Crippen molar-refractivity contribution in [3.63, 3.8) is 0 Å². The minimum absolute atomic E-state index is 0. The van der Waals surface area contributed by atoms with Crippen LogP contribution in [-0.4, -0.2) is 8.63 Å². The average molecular weight is 160 g/mol. The molecule has 0 saturated heterocycles. The molecule has 0 spiro atoms. The van der Waals surface area contributed by atoms with Gasteiger partial charge in [-0.1, -0.05) is 0 Å². The first-order chi connectivity index (χ1) is 2.45. The molecule has 0 amide bonds. The van der Waals surface area contributed by atoms with E-state index >= 15 is 0 Å². The number of rotatable bonds is 0. The molecule has 0 aliphatic rings. The van der Waals surface area contributed by atoms with Gasteiger partial charge in [-0.3, -0.25) is 0 Å². The third-order valence-corrected chi connectivity index (χ3v) is 0. The van der Waals surface area contributed by atoms with Crippen LogP contribution >= 0.6 is 0 Å². The molecule has 0 fully saturated rings. The monoisotopic (exact) mass is 160 g/mol. The summed E-state index contributed by atoms with van der Waals surface area (Å²) in [6, 6.07) is 0. The molecule has 0 bridgehead atoms. The van der Waals surface area contributed by atoms with E-state index in [2.05, 4.69) is 0 Å². The van der Waals surface area contributed by atoms with Crippen molar-refractivity contribution < 1.29 is 24.6 Å². The molecule has 0 aromatic rings. The predicted octanol–water partition coefficient (Wildman–Crippen LogP) is 2.52. The molecule has 0 aliphatic carbocycles. The van der Waals surface area contributed by atoms with E-state index in [4.69, 9.17) is 0 Å². The molecular weight excluding hydrogens is 156 g/mol. The summed E-state index contributed by atoms with van der Waals surface area (Å²) in [7, 11) is -10.8. The summed E-state index contributed by atoms with van der Waals surface area (Å²) in [6.45, 7) is 0.